The third-order valence-corrected chi connectivity index (χ3v) is 8.45. The van der Waals surface area contributed by atoms with E-state index in [1.807, 2.05) is 26.8 Å². The lowest BCUT2D eigenvalue weighted by molar-refractivity contribution is -0.151. The van der Waals surface area contributed by atoms with E-state index in [1.54, 1.807) is 24.0 Å². The summed E-state index contributed by atoms with van der Waals surface area (Å²) in [6, 6.07) is 5.36. The average Bonchev–Trinajstić information content (AvgIpc) is 2.70. The van der Waals surface area contributed by atoms with Crippen LogP contribution in [0, 0.1) is 25.7 Å². The first kappa shape index (κ1) is 22.5. The lowest BCUT2D eigenvalue weighted by Crippen LogP contribution is -2.53. The van der Waals surface area contributed by atoms with Crippen molar-refractivity contribution < 1.29 is 23.1 Å². The molecule has 2 aliphatic rings. The number of carbonyl (C=O) groups is 2. The van der Waals surface area contributed by atoms with Crippen molar-refractivity contribution in [2.45, 2.75) is 45.4 Å². The van der Waals surface area contributed by atoms with Crippen molar-refractivity contribution >= 4 is 21.9 Å². The number of rotatable bonds is 4. The molecule has 30 heavy (non-hydrogen) atoms. The number of aliphatic carboxylic acids is 1. The Labute approximate surface area is 178 Å². The highest BCUT2D eigenvalue weighted by Crippen LogP contribution is 2.35. The molecule has 1 fully saturated rings. The van der Waals surface area contributed by atoms with Gasteiger partial charge in [-0.25, -0.2) is 8.42 Å². The predicted octanol–water partition coefficient (Wildman–Crippen LogP) is 2.58. The van der Waals surface area contributed by atoms with E-state index in [9.17, 15) is 23.1 Å². The molecule has 0 aromatic heterocycles. The number of piperazine rings is 1. The van der Waals surface area contributed by atoms with Gasteiger partial charge in [0.05, 0.1) is 16.7 Å². The van der Waals surface area contributed by atoms with E-state index < -0.39 is 27.8 Å². The number of carbonyl (C=O) groups excluding carboxylic acids is 1. The van der Waals surface area contributed by atoms with Gasteiger partial charge >= 0.3 is 5.97 Å². The second-order valence-corrected chi connectivity index (χ2v) is 10.4. The lowest BCUT2D eigenvalue weighted by atomic mass is 9.76. The number of sulfonamides is 1. The Balaban J connectivity index is 1.73. The first-order valence-corrected chi connectivity index (χ1v) is 11.7. The van der Waals surface area contributed by atoms with Crippen LogP contribution in [0.15, 0.2) is 34.2 Å². The van der Waals surface area contributed by atoms with Crippen molar-refractivity contribution in [3.63, 3.8) is 0 Å². The quantitative estimate of drug-likeness (QED) is 0.735. The number of amides is 1. The first-order chi connectivity index (χ1) is 14.0. The fourth-order valence-electron chi connectivity index (χ4n) is 4.32. The molecular formula is C22H30N2O5S. The monoisotopic (exact) mass is 434 g/mol. The van der Waals surface area contributed by atoms with E-state index in [2.05, 4.69) is 0 Å². The third kappa shape index (κ3) is 4.30. The van der Waals surface area contributed by atoms with Crippen LogP contribution in [0.1, 0.15) is 37.8 Å². The Morgan fingerprint density at radius 3 is 2.07 bits per heavy atom. The van der Waals surface area contributed by atoms with Crippen LogP contribution in [0.3, 0.4) is 0 Å². The van der Waals surface area contributed by atoms with Gasteiger partial charge in [0.2, 0.25) is 15.9 Å². The van der Waals surface area contributed by atoms with Crippen molar-refractivity contribution in [3.8, 4) is 0 Å². The summed E-state index contributed by atoms with van der Waals surface area (Å²) in [7, 11) is -3.64. The Morgan fingerprint density at radius 1 is 0.933 bits per heavy atom. The van der Waals surface area contributed by atoms with Crippen LogP contribution in [-0.2, 0) is 19.6 Å². The van der Waals surface area contributed by atoms with Crippen LogP contribution >= 0.6 is 0 Å². The first-order valence-electron chi connectivity index (χ1n) is 10.3. The molecule has 1 aliphatic heterocycles. The van der Waals surface area contributed by atoms with Crippen LogP contribution in [0.25, 0.3) is 0 Å². The van der Waals surface area contributed by atoms with Gasteiger partial charge in [0.15, 0.2) is 0 Å². The zero-order valence-corrected chi connectivity index (χ0v) is 18.8. The molecule has 8 heteroatoms. The molecule has 1 aromatic carbocycles. The largest absolute Gasteiger partial charge is 0.481 e. The van der Waals surface area contributed by atoms with Crippen LogP contribution in [0.2, 0.25) is 0 Å². The Hall–Kier alpha value is -2.19. The normalized spacial score (nSPS) is 23.5. The molecule has 0 saturated carbocycles. The number of hydrogen-bond donors (Lipinski definition) is 1. The Bertz CT molecular complexity index is 991. The van der Waals surface area contributed by atoms with Gasteiger partial charge in [0.25, 0.3) is 0 Å². The van der Waals surface area contributed by atoms with Crippen molar-refractivity contribution in [2.24, 2.45) is 11.8 Å². The summed E-state index contributed by atoms with van der Waals surface area (Å²) in [5, 5.41) is 9.60. The van der Waals surface area contributed by atoms with E-state index in [-0.39, 0.29) is 32.1 Å². The summed E-state index contributed by atoms with van der Waals surface area (Å²) < 4.78 is 27.6. The minimum atomic E-state index is -3.64. The van der Waals surface area contributed by atoms with E-state index in [0.29, 0.717) is 23.3 Å². The molecule has 1 N–H and O–H groups in total. The van der Waals surface area contributed by atoms with Crippen LogP contribution < -0.4 is 0 Å². The fraction of sp³-hybridized carbons (Fsp3) is 0.545. The van der Waals surface area contributed by atoms with Crippen LogP contribution in [0.4, 0.5) is 0 Å². The van der Waals surface area contributed by atoms with E-state index in [4.69, 9.17) is 0 Å². The van der Waals surface area contributed by atoms with Crippen LogP contribution in [-0.4, -0.2) is 60.8 Å². The standard InChI is InChI=1S/C22H30N2O5S/c1-14-5-6-15(2)20(11-14)30(28,29)24-9-7-23(8-10-24)21(25)18-12-16(3)17(4)13-19(18)22(26)27/h5-6,11,18-19H,7-10,12-13H2,1-4H3,(H,26,27)/t18-,19-/m0/s1. The molecule has 2 atom stereocenters. The zero-order valence-electron chi connectivity index (χ0n) is 18.0. The zero-order chi connectivity index (χ0) is 22.2. The van der Waals surface area contributed by atoms with Crippen molar-refractivity contribution in [1.82, 2.24) is 9.21 Å². The van der Waals surface area contributed by atoms with Crippen molar-refractivity contribution in [3.05, 3.63) is 40.5 Å². The molecule has 1 saturated heterocycles. The molecule has 1 heterocycles. The fourth-order valence-corrected chi connectivity index (χ4v) is 6.05. The molecule has 1 amide bonds. The van der Waals surface area contributed by atoms with Gasteiger partial charge in [0, 0.05) is 26.2 Å². The summed E-state index contributed by atoms with van der Waals surface area (Å²) in [6.07, 6.45) is 0.835. The number of benzene rings is 1. The maximum atomic E-state index is 13.1. The van der Waals surface area contributed by atoms with Gasteiger partial charge in [-0.05, 0) is 57.7 Å². The van der Waals surface area contributed by atoms with Crippen molar-refractivity contribution in [2.75, 3.05) is 26.2 Å². The second kappa shape index (κ2) is 8.51. The molecule has 0 radical (unpaired) electrons. The highest BCUT2D eigenvalue weighted by molar-refractivity contribution is 7.89. The molecule has 3 rings (SSSR count). The molecule has 7 nitrogen and oxygen atoms in total. The molecule has 164 valence electrons. The summed E-state index contributed by atoms with van der Waals surface area (Å²) in [4.78, 5) is 26.8. The number of allylic oxidation sites excluding steroid dienone is 2. The Morgan fingerprint density at radius 2 is 1.50 bits per heavy atom. The van der Waals surface area contributed by atoms with Crippen LogP contribution in [0.5, 0.6) is 0 Å². The topological polar surface area (TPSA) is 95.0 Å². The highest BCUT2D eigenvalue weighted by Gasteiger charge is 2.40. The SMILES string of the molecule is CC1=C(C)C[C@H](C(=O)N2CCN(S(=O)(=O)c3cc(C)ccc3C)CC2)[C@@H](C(=O)O)C1. The number of hydrogen-bond acceptors (Lipinski definition) is 4. The van der Waals surface area contributed by atoms with Gasteiger partial charge in [-0.1, -0.05) is 23.3 Å². The van der Waals surface area contributed by atoms with E-state index in [1.165, 1.54) is 4.31 Å². The molecule has 0 bridgehead atoms. The molecular weight excluding hydrogens is 404 g/mol. The number of carboxylic acids is 1. The second-order valence-electron chi connectivity index (χ2n) is 8.52. The predicted molar refractivity (Wildman–Crippen MR) is 113 cm³/mol. The molecule has 1 aliphatic carbocycles. The summed E-state index contributed by atoms with van der Waals surface area (Å²) in [5.74, 6) is -2.44. The van der Waals surface area contributed by atoms with Gasteiger partial charge in [0.1, 0.15) is 0 Å². The number of carboxylic acid groups (broad SMARTS) is 1. The molecule has 0 unspecified atom stereocenters. The minimum Gasteiger partial charge on any atom is -0.481 e. The van der Waals surface area contributed by atoms with Crippen molar-refractivity contribution in [1.29, 1.82) is 0 Å². The lowest BCUT2D eigenvalue weighted by Gasteiger charge is -2.38. The number of aryl methyl sites for hydroxylation is 2. The summed E-state index contributed by atoms with van der Waals surface area (Å²) in [6.45, 7) is 8.46. The summed E-state index contributed by atoms with van der Waals surface area (Å²) in [5.41, 5.74) is 3.69. The number of nitrogens with zero attached hydrogens (tertiary/aromatic N) is 2. The van der Waals surface area contributed by atoms with E-state index in [0.717, 1.165) is 16.7 Å². The molecule has 1 aromatic rings. The maximum Gasteiger partial charge on any atom is 0.307 e. The van der Waals surface area contributed by atoms with Gasteiger partial charge in [-0.3, -0.25) is 9.59 Å². The smallest absolute Gasteiger partial charge is 0.307 e. The van der Waals surface area contributed by atoms with E-state index >= 15 is 0 Å². The Kier molecular flexibility index (Phi) is 6.38. The average molecular weight is 435 g/mol. The van der Waals surface area contributed by atoms with Gasteiger partial charge in [-0.15, -0.1) is 0 Å². The molecule has 0 spiro atoms. The van der Waals surface area contributed by atoms with Gasteiger partial charge in [-0.2, -0.15) is 4.31 Å². The summed E-state index contributed by atoms with van der Waals surface area (Å²) >= 11 is 0. The van der Waals surface area contributed by atoms with Gasteiger partial charge < -0.3 is 10.0 Å². The highest BCUT2D eigenvalue weighted by atomic mass is 32.2. The maximum absolute atomic E-state index is 13.1. The third-order valence-electron chi connectivity index (χ3n) is 6.41. The minimum absolute atomic E-state index is 0.182.